The summed E-state index contributed by atoms with van der Waals surface area (Å²) in [5, 5.41) is 3.88. The molecule has 1 aliphatic rings. The van der Waals surface area contributed by atoms with Crippen molar-refractivity contribution in [3.05, 3.63) is 76.6 Å². The molecule has 0 aliphatic carbocycles. The lowest BCUT2D eigenvalue weighted by molar-refractivity contribution is -0.149. The van der Waals surface area contributed by atoms with E-state index in [1.54, 1.807) is 23.5 Å². The van der Waals surface area contributed by atoms with Crippen molar-refractivity contribution in [3.63, 3.8) is 0 Å². The van der Waals surface area contributed by atoms with Crippen molar-refractivity contribution >= 4 is 28.2 Å². The van der Waals surface area contributed by atoms with Crippen molar-refractivity contribution in [2.24, 2.45) is 5.92 Å². The number of hydrogen-bond acceptors (Lipinski definition) is 6. The van der Waals surface area contributed by atoms with E-state index in [1.807, 2.05) is 32.0 Å². The van der Waals surface area contributed by atoms with E-state index >= 15 is 0 Å². The first kappa shape index (κ1) is 22.3. The number of amides is 1. The number of benzene rings is 1. The number of aryl methyl sites for hydroxylation is 1. The second-order valence-electron chi connectivity index (χ2n) is 7.95. The molecule has 3 heterocycles. The Morgan fingerprint density at radius 1 is 1.19 bits per heavy atom. The lowest BCUT2D eigenvalue weighted by Crippen LogP contribution is -2.39. The Morgan fingerprint density at radius 2 is 1.94 bits per heavy atom. The summed E-state index contributed by atoms with van der Waals surface area (Å²) < 4.78 is 10.5. The highest BCUT2D eigenvalue weighted by Gasteiger charge is 2.33. The van der Waals surface area contributed by atoms with E-state index in [9.17, 15) is 9.59 Å². The lowest BCUT2D eigenvalue weighted by Gasteiger charge is -2.37. The number of hydrogen-bond donors (Lipinski definition) is 1. The molecular weight excluding hydrogens is 424 g/mol. The van der Waals surface area contributed by atoms with E-state index in [0.717, 1.165) is 46.9 Å². The molecule has 32 heavy (non-hydrogen) atoms. The molecule has 1 unspecified atom stereocenters. The van der Waals surface area contributed by atoms with Gasteiger partial charge >= 0.3 is 5.97 Å². The quantitative estimate of drug-likeness (QED) is 0.495. The Morgan fingerprint density at radius 3 is 2.59 bits per heavy atom. The first-order chi connectivity index (χ1) is 15.6. The highest BCUT2D eigenvalue weighted by atomic mass is 32.1. The predicted octanol–water partition coefficient (Wildman–Crippen LogP) is 5.27. The van der Waals surface area contributed by atoms with Gasteiger partial charge in [0, 0.05) is 10.4 Å². The first-order valence-electron chi connectivity index (χ1n) is 11.0. The van der Waals surface area contributed by atoms with Crippen molar-refractivity contribution < 1.29 is 18.7 Å². The van der Waals surface area contributed by atoms with E-state index in [-0.39, 0.29) is 29.6 Å². The summed E-state index contributed by atoms with van der Waals surface area (Å²) in [5.74, 6) is -0.120. The fourth-order valence-electron chi connectivity index (χ4n) is 4.28. The van der Waals surface area contributed by atoms with Gasteiger partial charge in [0.1, 0.15) is 5.00 Å². The normalized spacial score (nSPS) is 15.9. The summed E-state index contributed by atoms with van der Waals surface area (Å²) in [4.78, 5) is 28.4. The van der Waals surface area contributed by atoms with Gasteiger partial charge in [-0.05, 0) is 63.5 Å². The van der Waals surface area contributed by atoms with Gasteiger partial charge in [-0.3, -0.25) is 14.5 Å². The van der Waals surface area contributed by atoms with Crippen LogP contribution in [0.1, 0.15) is 52.4 Å². The molecule has 1 fully saturated rings. The minimum atomic E-state index is -0.258. The van der Waals surface area contributed by atoms with Crippen LogP contribution in [0.2, 0.25) is 0 Å². The summed E-state index contributed by atoms with van der Waals surface area (Å²) in [6.07, 6.45) is 3.02. The molecule has 1 saturated heterocycles. The van der Waals surface area contributed by atoms with Crippen LogP contribution >= 0.6 is 11.3 Å². The van der Waals surface area contributed by atoms with Crippen LogP contribution in [-0.4, -0.2) is 36.5 Å². The topological polar surface area (TPSA) is 71.8 Å². The van der Waals surface area contributed by atoms with Crippen molar-refractivity contribution in [1.82, 2.24) is 4.90 Å². The number of nitrogens with one attached hydrogen (secondary N) is 1. The minimum absolute atomic E-state index is 0.0174. The maximum absolute atomic E-state index is 12.7. The summed E-state index contributed by atoms with van der Waals surface area (Å²) in [5.41, 5.74) is 2.22. The number of furan rings is 1. The molecule has 168 valence electrons. The Hall–Kier alpha value is -2.90. The summed E-state index contributed by atoms with van der Waals surface area (Å²) in [6, 6.07) is 15.8. The van der Waals surface area contributed by atoms with Crippen molar-refractivity contribution in [2.45, 2.75) is 32.7 Å². The molecular formula is C25H28N2O4S. The number of nitrogens with zero attached hydrogens (tertiary/aromatic N) is 1. The third kappa shape index (κ3) is 4.95. The van der Waals surface area contributed by atoms with Gasteiger partial charge in [0.25, 0.3) is 5.91 Å². The van der Waals surface area contributed by atoms with Crippen LogP contribution in [0, 0.1) is 12.8 Å². The number of ether oxygens (including phenoxy) is 1. The number of esters is 1. The van der Waals surface area contributed by atoms with E-state index < -0.39 is 0 Å². The lowest BCUT2D eigenvalue weighted by atomic mass is 9.92. The summed E-state index contributed by atoms with van der Waals surface area (Å²) in [7, 11) is 0. The van der Waals surface area contributed by atoms with Gasteiger partial charge < -0.3 is 14.5 Å². The van der Waals surface area contributed by atoms with Gasteiger partial charge in [0.15, 0.2) is 5.76 Å². The summed E-state index contributed by atoms with van der Waals surface area (Å²) >= 11 is 1.56. The van der Waals surface area contributed by atoms with Gasteiger partial charge in [-0.1, -0.05) is 30.3 Å². The average molecular weight is 453 g/mol. The zero-order chi connectivity index (χ0) is 22.5. The fourth-order valence-corrected chi connectivity index (χ4v) is 5.22. The van der Waals surface area contributed by atoms with Crippen LogP contribution < -0.4 is 5.32 Å². The number of rotatable bonds is 7. The molecule has 6 nitrogen and oxygen atoms in total. The monoisotopic (exact) mass is 452 g/mol. The smallest absolute Gasteiger partial charge is 0.309 e. The number of thiophene rings is 1. The van der Waals surface area contributed by atoms with Gasteiger partial charge in [-0.2, -0.15) is 0 Å². The molecule has 0 saturated carbocycles. The second-order valence-corrected chi connectivity index (χ2v) is 9.20. The Labute approximate surface area is 192 Å². The zero-order valence-electron chi connectivity index (χ0n) is 18.4. The standard InChI is InChI=1S/C25H28N2O4S/c1-3-30-25(29)19-11-13-27(14-12-19)22(18-8-5-4-6-9-18)20-16-17(2)32-24(20)26-23(28)21-10-7-15-31-21/h4-10,15-16,19,22H,3,11-14H2,1-2H3,(H,26,28). The number of carbonyl (C=O) groups is 2. The molecule has 3 aromatic rings. The first-order valence-corrected chi connectivity index (χ1v) is 11.8. The van der Waals surface area contributed by atoms with Gasteiger partial charge in [0.2, 0.25) is 0 Å². The predicted molar refractivity (Wildman–Crippen MR) is 125 cm³/mol. The number of likely N-dealkylation sites (tertiary alicyclic amines) is 1. The molecule has 1 aromatic carbocycles. The molecule has 1 aliphatic heterocycles. The number of piperidine rings is 1. The molecule has 0 bridgehead atoms. The van der Waals surface area contributed by atoms with Gasteiger partial charge in [-0.15, -0.1) is 11.3 Å². The van der Waals surface area contributed by atoms with Crippen LogP contribution in [0.25, 0.3) is 0 Å². The SMILES string of the molecule is CCOC(=O)C1CCN(C(c2ccccc2)c2cc(C)sc2NC(=O)c2ccco2)CC1. The van der Waals surface area contributed by atoms with Crippen molar-refractivity contribution in [2.75, 3.05) is 25.0 Å². The van der Waals surface area contributed by atoms with Gasteiger partial charge in [-0.25, -0.2) is 0 Å². The maximum atomic E-state index is 12.7. The van der Waals surface area contributed by atoms with Crippen LogP contribution in [0.5, 0.6) is 0 Å². The van der Waals surface area contributed by atoms with Crippen molar-refractivity contribution in [1.29, 1.82) is 0 Å². The second kappa shape index (κ2) is 10.1. The minimum Gasteiger partial charge on any atom is -0.466 e. The molecule has 0 radical (unpaired) electrons. The molecule has 1 N–H and O–H groups in total. The Balaban J connectivity index is 1.61. The third-order valence-electron chi connectivity index (χ3n) is 5.78. The highest BCUT2D eigenvalue weighted by molar-refractivity contribution is 7.16. The van der Waals surface area contributed by atoms with Crippen LogP contribution in [0.15, 0.2) is 59.2 Å². The molecule has 1 atom stereocenters. The van der Waals surface area contributed by atoms with E-state index in [2.05, 4.69) is 28.4 Å². The number of carbonyl (C=O) groups excluding carboxylic acids is 2. The molecule has 7 heteroatoms. The van der Waals surface area contributed by atoms with E-state index in [4.69, 9.17) is 9.15 Å². The average Bonchev–Trinajstić information content (AvgIpc) is 3.46. The van der Waals surface area contributed by atoms with E-state index in [1.165, 1.54) is 6.26 Å². The molecule has 4 rings (SSSR count). The van der Waals surface area contributed by atoms with Gasteiger partial charge in [0.05, 0.1) is 24.8 Å². The summed E-state index contributed by atoms with van der Waals surface area (Å²) in [6.45, 7) is 5.87. The third-order valence-corrected chi connectivity index (χ3v) is 6.76. The highest BCUT2D eigenvalue weighted by Crippen LogP contribution is 2.40. The largest absolute Gasteiger partial charge is 0.466 e. The van der Waals surface area contributed by atoms with Crippen molar-refractivity contribution in [3.8, 4) is 0 Å². The van der Waals surface area contributed by atoms with Crippen LogP contribution in [-0.2, 0) is 9.53 Å². The Bertz CT molecular complexity index is 1040. The van der Waals surface area contributed by atoms with E-state index in [0.29, 0.717) is 6.61 Å². The van der Waals surface area contributed by atoms with Crippen LogP contribution in [0.4, 0.5) is 5.00 Å². The molecule has 0 spiro atoms. The van der Waals surface area contributed by atoms with Crippen LogP contribution in [0.3, 0.4) is 0 Å². The molecule has 2 aromatic heterocycles. The fraction of sp³-hybridized carbons (Fsp3) is 0.360. The number of anilines is 1. The Kier molecular flexibility index (Phi) is 7.07. The molecule has 1 amide bonds. The zero-order valence-corrected chi connectivity index (χ0v) is 19.2. The maximum Gasteiger partial charge on any atom is 0.309 e.